The van der Waals surface area contributed by atoms with E-state index in [1.54, 1.807) is 24.3 Å². The zero-order valence-electron chi connectivity index (χ0n) is 18.8. The van der Waals surface area contributed by atoms with Crippen LogP contribution in [0.4, 0.5) is 0 Å². The lowest BCUT2D eigenvalue weighted by Crippen LogP contribution is -2.24. The van der Waals surface area contributed by atoms with Crippen molar-refractivity contribution in [2.75, 3.05) is 0 Å². The first-order valence-corrected chi connectivity index (χ1v) is 12.3. The van der Waals surface area contributed by atoms with Crippen molar-refractivity contribution in [3.05, 3.63) is 77.1 Å². The van der Waals surface area contributed by atoms with Crippen molar-refractivity contribution in [1.29, 1.82) is 0 Å². The number of benzene rings is 1. The van der Waals surface area contributed by atoms with E-state index < -0.39 is 0 Å². The van der Waals surface area contributed by atoms with Gasteiger partial charge in [-0.05, 0) is 48.8 Å². The molecule has 5 rings (SSSR count). The third kappa shape index (κ3) is 3.96. The largest absolute Gasteiger partial charge is 0.875 e. The van der Waals surface area contributed by atoms with Crippen LogP contribution in [0.3, 0.4) is 0 Å². The van der Waals surface area contributed by atoms with Gasteiger partial charge in [0.25, 0.3) is 0 Å². The second-order valence-electron chi connectivity index (χ2n) is 9.77. The van der Waals surface area contributed by atoms with E-state index in [1.807, 2.05) is 30.3 Å². The number of carbonyl (C=O) groups excluding carboxylic acids is 3. The maximum atomic E-state index is 12.9. The Hall–Kier alpha value is -3.01. The fourth-order valence-corrected chi connectivity index (χ4v) is 6.11. The van der Waals surface area contributed by atoms with Crippen LogP contribution in [0.25, 0.3) is 5.57 Å². The van der Waals surface area contributed by atoms with E-state index >= 15 is 0 Å². The molecule has 3 fully saturated rings. The minimum atomic E-state index is -0.158. The average Bonchev–Trinajstić information content (AvgIpc) is 3.25. The van der Waals surface area contributed by atoms with E-state index in [0.29, 0.717) is 11.1 Å². The second-order valence-corrected chi connectivity index (χ2v) is 9.77. The average molecular weight is 442 g/mol. The SMILES string of the molecule is O=C1C(=C/C=C(/C=C/C2=C([O-])C3CCCCC3C2=O)c2ccccc2)C(=O)C2CCCCC12. The highest BCUT2D eigenvalue weighted by Crippen LogP contribution is 2.42. The van der Waals surface area contributed by atoms with Gasteiger partial charge in [-0.25, -0.2) is 0 Å². The number of rotatable bonds is 4. The topological polar surface area (TPSA) is 74.3 Å². The van der Waals surface area contributed by atoms with E-state index in [4.69, 9.17) is 0 Å². The van der Waals surface area contributed by atoms with Gasteiger partial charge in [-0.2, -0.15) is 0 Å². The Bertz CT molecular complexity index is 1080. The van der Waals surface area contributed by atoms with Crippen molar-refractivity contribution in [3.8, 4) is 0 Å². The third-order valence-electron chi connectivity index (χ3n) is 7.91. The van der Waals surface area contributed by atoms with Crippen molar-refractivity contribution in [3.63, 3.8) is 0 Å². The smallest absolute Gasteiger partial charge is 0.170 e. The molecule has 0 N–H and O–H groups in total. The number of fused-ring (bicyclic) bond motifs is 2. The van der Waals surface area contributed by atoms with Crippen molar-refractivity contribution >= 4 is 22.9 Å². The fourth-order valence-electron chi connectivity index (χ4n) is 6.11. The maximum Gasteiger partial charge on any atom is 0.170 e. The van der Waals surface area contributed by atoms with Crippen molar-refractivity contribution in [2.45, 2.75) is 51.4 Å². The second kappa shape index (κ2) is 9.09. The summed E-state index contributed by atoms with van der Waals surface area (Å²) < 4.78 is 0. The van der Waals surface area contributed by atoms with E-state index in [1.165, 1.54) is 0 Å². The lowest BCUT2D eigenvalue weighted by atomic mass is 9.80. The first-order valence-electron chi connectivity index (χ1n) is 12.3. The highest BCUT2D eigenvalue weighted by atomic mass is 16.3. The molecule has 170 valence electrons. The number of carbonyl (C=O) groups is 3. The molecule has 4 unspecified atom stereocenters. The Balaban J connectivity index is 1.48. The van der Waals surface area contributed by atoms with Crippen molar-refractivity contribution in [1.82, 2.24) is 0 Å². The van der Waals surface area contributed by atoms with Crippen LogP contribution < -0.4 is 5.11 Å². The van der Waals surface area contributed by atoms with Crippen molar-refractivity contribution < 1.29 is 19.5 Å². The van der Waals surface area contributed by atoms with Gasteiger partial charge in [-0.1, -0.05) is 74.2 Å². The molecule has 4 heteroatoms. The van der Waals surface area contributed by atoms with Gasteiger partial charge in [0, 0.05) is 23.3 Å². The van der Waals surface area contributed by atoms with Crippen LogP contribution in [0.2, 0.25) is 0 Å². The molecule has 0 heterocycles. The molecule has 0 spiro atoms. The van der Waals surface area contributed by atoms with E-state index in [9.17, 15) is 19.5 Å². The molecular weight excluding hydrogens is 412 g/mol. The molecule has 1 aromatic carbocycles. The van der Waals surface area contributed by atoms with Gasteiger partial charge in [-0.15, -0.1) is 5.76 Å². The van der Waals surface area contributed by atoms with Crippen LogP contribution in [0.1, 0.15) is 56.9 Å². The summed E-state index contributed by atoms with van der Waals surface area (Å²) in [5.41, 5.74) is 2.25. The van der Waals surface area contributed by atoms with Gasteiger partial charge < -0.3 is 5.11 Å². The summed E-state index contributed by atoms with van der Waals surface area (Å²) in [6.45, 7) is 0. The van der Waals surface area contributed by atoms with Crippen molar-refractivity contribution in [2.24, 2.45) is 23.7 Å². The molecule has 4 aliphatic rings. The number of allylic oxidation sites excluding steroid dienone is 8. The van der Waals surface area contributed by atoms with E-state index in [0.717, 1.165) is 62.5 Å². The highest BCUT2D eigenvalue weighted by molar-refractivity contribution is 6.27. The van der Waals surface area contributed by atoms with Gasteiger partial charge >= 0.3 is 0 Å². The normalized spacial score (nSPS) is 30.2. The lowest BCUT2D eigenvalue weighted by Gasteiger charge is -2.28. The first-order chi connectivity index (χ1) is 16.1. The highest BCUT2D eigenvalue weighted by Gasteiger charge is 2.45. The first kappa shape index (κ1) is 21.8. The molecule has 4 atom stereocenters. The molecule has 0 radical (unpaired) electrons. The lowest BCUT2D eigenvalue weighted by molar-refractivity contribution is -0.316. The third-order valence-corrected chi connectivity index (χ3v) is 7.91. The Kier molecular flexibility index (Phi) is 6.01. The van der Waals surface area contributed by atoms with Gasteiger partial charge in [0.2, 0.25) is 0 Å². The predicted octanol–water partition coefficient (Wildman–Crippen LogP) is 4.51. The molecule has 3 saturated carbocycles. The minimum absolute atomic E-state index is 0.0306. The monoisotopic (exact) mass is 441 g/mol. The maximum absolute atomic E-state index is 12.9. The van der Waals surface area contributed by atoms with Gasteiger partial charge in [0.1, 0.15) is 0 Å². The number of Topliss-reactive ketones (excluding diaryl/α,β-unsaturated/α-hetero) is 3. The van der Waals surface area contributed by atoms with Crippen LogP contribution in [0.5, 0.6) is 0 Å². The van der Waals surface area contributed by atoms with Crippen LogP contribution in [0.15, 0.2) is 71.5 Å². The zero-order valence-corrected chi connectivity index (χ0v) is 18.8. The van der Waals surface area contributed by atoms with E-state index in [-0.39, 0.29) is 46.8 Å². The molecule has 0 saturated heterocycles. The molecular formula is C29H29O4-. The van der Waals surface area contributed by atoms with Crippen LogP contribution >= 0.6 is 0 Å². The summed E-state index contributed by atoms with van der Waals surface area (Å²) >= 11 is 0. The summed E-state index contributed by atoms with van der Waals surface area (Å²) in [7, 11) is 0. The predicted molar refractivity (Wildman–Crippen MR) is 125 cm³/mol. The summed E-state index contributed by atoms with van der Waals surface area (Å²) in [6.07, 6.45) is 14.1. The molecule has 0 bridgehead atoms. The van der Waals surface area contributed by atoms with Crippen LogP contribution in [0, 0.1) is 23.7 Å². The molecule has 0 aliphatic heterocycles. The van der Waals surface area contributed by atoms with Gasteiger partial charge in [0.15, 0.2) is 17.3 Å². The molecule has 4 aliphatic carbocycles. The summed E-state index contributed by atoms with van der Waals surface area (Å²) in [6, 6.07) is 9.63. The quantitative estimate of drug-likeness (QED) is 0.391. The fraction of sp³-hybridized carbons (Fsp3) is 0.414. The Morgan fingerprint density at radius 1 is 0.758 bits per heavy atom. The Labute approximate surface area is 194 Å². The molecule has 1 aromatic rings. The summed E-state index contributed by atoms with van der Waals surface area (Å²) in [4.78, 5) is 38.6. The standard InChI is InChI=1S/C29H30O4/c30-26-20-10-4-5-11-21(20)27(31)24(26)16-14-19(18-8-2-1-3-9-18)15-17-25-28(32)22-12-6-7-13-23(22)29(25)33/h1-3,8-9,14-17,20-23,30H,4-7,10-13H2/p-1/b16-14+,19-15-,25-17?. The molecule has 0 aromatic heterocycles. The van der Waals surface area contributed by atoms with E-state index in [2.05, 4.69) is 0 Å². The number of hydrogen-bond donors (Lipinski definition) is 0. The molecule has 33 heavy (non-hydrogen) atoms. The van der Waals surface area contributed by atoms with Gasteiger partial charge in [-0.3, -0.25) is 14.4 Å². The van der Waals surface area contributed by atoms with Gasteiger partial charge in [0.05, 0.1) is 5.57 Å². The summed E-state index contributed by atoms with van der Waals surface area (Å²) in [5, 5.41) is 12.9. The number of hydrogen-bond acceptors (Lipinski definition) is 4. The Morgan fingerprint density at radius 2 is 1.30 bits per heavy atom. The molecule has 4 nitrogen and oxygen atoms in total. The number of ketones is 3. The minimum Gasteiger partial charge on any atom is -0.875 e. The molecule has 0 amide bonds. The summed E-state index contributed by atoms with van der Waals surface area (Å²) in [5.74, 6) is -0.755. The van der Waals surface area contributed by atoms with Crippen LogP contribution in [-0.4, -0.2) is 17.3 Å². The Morgan fingerprint density at radius 3 is 1.88 bits per heavy atom. The zero-order chi connectivity index (χ0) is 22.9. The van der Waals surface area contributed by atoms with Crippen LogP contribution in [-0.2, 0) is 14.4 Å².